The number of pyridine rings is 1. The minimum atomic E-state index is -4.46. The zero-order chi connectivity index (χ0) is 21.7. The molecule has 5 nitrogen and oxygen atoms in total. The number of nitrogens with two attached hydrogens (primary N) is 1. The number of carbonyl (C=O) groups is 1. The molecule has 3 aromatic rings. The Hall–Kier alpha value is -3.81. The summed E-state index contributed by atoms with van der Waals surface area (Å²) in [5, 5.41) is 2.61. The number of hydrogen-bond acceptors (Lipinski definition) is 3. The fraction of sp³-hybridized carbons (Fsp3) is 0.0909. The molecule has 8 heteroatoms. The van der Waals surface area contributed by atoms with E-state index in [0.29, 0.717) is 16.9 Å². The van der Waals surface area contributed by atoms with Gasteiger partial charge >= 0.3 is 6.18 Å². The van der Waals surface area contributed by atoms with Crippen molar-refractivity contribution in [1.29, 1.82) is 0 Å². The van der Waals surface area contributed by atoms with Crippen LogP contribution in [0.3, 0.4) is 0 Å². The molecule has 0 aliphatic carbocycles. The lowest BCUT2D eigenvalue weighted by molar-refractivity contribution is -0.137. The Bertz CT molecular complexity index is 1150. The molecule has 0 fully saturated rings. The number of halogens is 3. The molecule has 0 spiro atoms. The number of anilines is 2. The van der Waals surface area contributed by atoms with Crippen molar-refractivity contribution >= 4 is 23.4 Å². The summed E-state index contributed by atoms with van der Waals surface area (Å²) in [6.45, 7) is -0.0306. The normalized spacial score (nSPS) is 11.6. The van der Waals surface area contributed by atoms with Gasteiger partial charge in [0.05, 0.1) is 23.5 Å². The van der Waals surface area contributed by atoms with Crippen LogP contribution in [0.25, 0.3) is 6.08 Å². The Morgan fingerprint density at radius 1 is 1.07 bits per heavy atom. The number of para-hydroxylation sites is 2. The second-order valence-electron chi connectivity index (χ2n) is 6.50. The smallest absolute Gasteiger partial charge is 0.397 e. The summed E-state index contributed by atoms with van der Waals surface area (Å²) in [6, 6.07) is 14.6. The van der Waals surface area contributed by atoms with Gasteiger partial charge in [-0.25, -0.2) is 0 Å². The Morgan fingerprint density at radius 3 is 2.57 bits per heavy atom. The van der Waals surface area contributed by atoms with Gasteiger partial charge in [-0.1, -0.05) is 24.3 Å². The molecule has 1 aromatic heterocycles. The van der Waals surface area contributed by atoms with Crippen molar-refractivity contribution in [3.63, 3.8) is 0 Å². The quantitative estimate of drug-likeness (QED) is 0.487. The molecule has 0 aliphatic heterocycles. The van der Waals surface area contributed by atoms with E-state index in [1.807, 2.05) is 0 Å². The van der Waals surface area contributed by atoms with Crippen molar-refractivity contribution in [2.45, 2.75) is 12.7 Å². The van der Waals surface area contributed by atoms with Gasteiger partial charge in [0.15, 0.2) is 0 Å². The van der Waals surface area contributed by atoms with E-state index >= 15 is 0 Å². The summed E-state index contributed by atoms with van der Waals surface area (Å²) < 4.78 is 39.9. The number of carbonyl (C=O) groups excluding carboxylic acids is 1. The number of aromatic nitrogens is 1. The Balaban J connectivity index is 1.77. The summed E-state index contributed by atoms with van der Waals surface area (Å²) in [4.78, 5) is 24.7. The van der Waals surface area contributed by atoms with E-state index in [1.54, 1.807) is 30.3 Å². The number of rotatable bonds is 5. The molecule has 3 N–H and O–H groups in total. The number of hydrogen-bond donors (Lipinski definition) is 2. The van der Waals surface area contributed by atoms with E-state index in [-0.39, 0.29) is 12.1 Å². The van der Waals surface area contributed by atoms with Gasteiger partial charge in [-0.15, -0.1) is 0 Å². The number of amides is 1. The molecule has 30 heavy (non-hydrogen) atoms. The number of benzene rings is 2. The van der Waals surface area contributed by atoms with Gasteiger partial charge in [0.1, 0.15) is 0 Å². The largest absolute Gasteiger partial charge is 0.416 e. The maximum atomic E-state index is 12.9. The lowest BCUT2D eigenvalue weighted by atomic mass is 10.1. The third kappa shape index (κ3) is 5.16. The third-order valence-electron chi connectivity index (χ3n) is 4.29. The van der Waals surface area contributed by atoms with Crippen LogP contribution >= 0.6 is 0 Å². The molecule has 0 unspecified atom stereocenters. The second-order valence-corrected chi connectivity index (χ2v) is 6.50. The molecule has 0 saturated carbocycles. The van der Waals surface area contributed by atoms with Gasteiger partial charge < -0.3 is 15.6 Å². The second kappa shape index (κ2) is 8.69. The fourth-order valence-corrected chi connectivity index (χ4v) is 2.80. The maximum absolute atomic E-state index is 12.9. The fourth-order valence-electron chi connectivity index (χ4n) is 2.80. The zero-order valence-corrected chi connectivity index (χ0v) is 15.7. The topological polar surface area (TPSA) is 77.1 Å². The van der Waals surface area contributed by atoms with Gasteiger partial charge in [0, 0.05) is 17.8 Å². The van der Waals surface area contributed by atoms with Crippen LogP contribution in [0.4, 0.5) is 24.5 Å². The van der Waals surface area contributed by atoms with Gasteiger partial charge in [-0.05, 0) is 48.0 Å². The standard InChI is InChI=1S/C22H18F3N3O2/c23-22(24,25)17-7-3-5-15(13-17)14-28-12-4-6-16(21(28)30)10-11-20(29)27-19-9-2-1-8-18(19)26/h1-13H,14,26H2,(H,27,29)/b11-10+. The van der Waals surface area contributed by atoms with E-state index in [9.17, 15) is 22.8 Å². The average molecular weight is 413 g/mol. The molecule has 3 rings (SSSR count). The van der Waals surface area contributed by atoms with Gasteiger partial charge in [0.2, 0.25) is 5.91 Å². The highest BCUT2D eigenvalue weighted by atomic mass is 19.4. The average Bonchev–Trinajstić information content (AvgIpc) is 2.70. The molecule has 154 valence electrons. The lowest BCUT2D eigenvalue weighted by Gasteiger charge is -2.10. The van der Waals surface area contributed by atoms with E-state index in [0.717, 1.165) is 12.1 Å². The Kier molecular flexibility index (Phi) is 6.06. The summed E-state index contributed by atoms with van der Waals surface area (Å²) in [7, 11) is 0. The zero-order valence-electron chi connectivity index (χ0n) is 15.7. The monoisotopic (exact) mass is 413 g/mol. The number of nitrogen functional groups attached to an aromatic ring is 1. The first-order chi connectivity index (χ1) is 14.2. The minimum Gasteiger partial charge on any atom is -0.397 e. The first-order valence-corrected chi connectivity index (χ1v) is 8.93. The first-order valence-electron chi connectivity index (χ1n) is 8.93. The molecule has 0 radical (unpaired) electrons. The summed E-state index contributed by atoms with van der Waals surface area (Å²) in [6.07, 6.45) is -0.442. The highest BCUT2D eigenvalue weighted by molar-refractivity contribution is 6.03. The molecule has 1 amide bonds. The predicted molar refractivity (Wildman–Crippen MR) is 110 cm³/mol. The highest BCUT2D eigenvalue weighted by Crippen LogP contribution is 2.29. The van der Waals surface area contributed by atoms with Gasteiger partial charge in [-0.3, -0.25) is 9.59 Å². The molecule has 0 aliphatic rings. The SMILES string of the molecule is Nc1ccccc1NC(=O)/C=C/c1cccn(Cc2cccc(C(F)(F)F)c2)c1=O. The van der Waals surface area contributed by atoms with Crippen LogP contribution in [0.5, 0.6) is 0 Å². The van der Waals surface area contributed by atoms with Crippen molar-refractivity contribution in [1.82, 2.24) is 4.57 Å². The van der Waals surface area contributed by atoms with E-state index in [1.165, 1.54) is 41.1 Å². The van der Waals surface area contributed by atoms with E-state index < -0.39 is 23.2 Å². The maximum Gasteiger partial charge on any atom is 0.416 e. The van der Waals surface area contributed by atoms with Crippen molar-refractivity contribution in [2.75, 3.05) is 11.1 Å². The highest BCUT2D eigenvalue weighted by Gasteiger charge is 2.30. The summed E-state index contributed by atoms with van der Waals surface area (Å²) in [5.74, 6) is -0.472. The first kappa shape index (κ1) is 20.9. The summed E-state index contributed by atoms with van der Waals surface area (Å²) in [5.41, 5.74) is 5.97. The van der Waals surface area contributed by atoms with Crippen molar-refractivity contribution in [3.8, 4) is 0 Å². The van der Waals surface area contributed by atoms with Crippen LogP contribution in [0.2, 0.25) is 0 Å². The van der Waals surface area contributed by atoms with E-state index in [4.69, 9.17) is 5.73 Å². The lowest BCUT2D eigenvalue weighted by Crippen LogP contribution is -2.22. The van der Waals surface area contributed by atoms with Crippen LogP contribution in [0.15, 0.2) is 77.7 Å². The third-order valence-corrected chi connectivity index (χ3v) is 4.29. The molecular weight excluding hydrogens is 395 g/mol. The van der Waals surface area contributed by atoms with Crippen LogP contribution < -0.4 is 16.6 Å². The molecule has 0 saturated heterocycles. The molecule has 0 atom stereocenters. The molecule has 0 bridgehead atoms. The van der Waals surface area contributed by atoms with Crippen LogP contribution in [0.1, 0.15) is 16.7 Å². The molecular formula is C22H18F3N3O2. The van der Waals surface area contributed by atoms with Crippen LogP contribution in [-0.2, 0) is 17.5 Å². The van der Waals surface area contributed by atoms with Crippen molar-refractivity contribution < 1.29 is 18.0 Å². The number of nitrogens with one attached hydrogen (secondary N) is 1. The van der Waals surface area contributed by atoms with Crippen molar-refractivity contribution in [3.05, 3.63) is 100.0 Å². The predicted octanol–water partition coefficient (Wildman–Crippen LogP) is 4.15. The van der Waals surface area contributed by atoms with Crippen LogP contribution in [0, 0.1) is 0 Å². The Labute approximate surface area is 170 Å². The number of alkyl halides is 3. The van der Waals surface area contributed by atoms with Crippen LogP contribution in [-0.4, -0.2) is 10.5 Å². The summed E-state index contributed by atoms with van der Waals surface area (Å²) >= 11 is 0. The Morgan fingerprint density at radius 2 is 1.83 bits per heavy atom. The molecule has 2 aromatic carbocycles. The van der Waals surface area contributed by atoms with Gasteiger partial charge in [0.25, 0.3) is 5.56 Å². The molecule has 1 heterocycles. The van der Waals surface area contributed by atoms with Gasteiger partial charge in [-0.2, -0.15) is 13.2 Å². The van der Waals surface area contributed by atoms with Crippen molar-refractivity contribution in [2.24, 2.45) is 0 Å². The van der Waals surface area contributed by atoms with E-state index in [2.05, 4.69) is 5.32 Å². The minimum absolute atomic E-state index is 0.0306. The number of nitrogens with zero attached hydrogens (tertiary/aromatic N) is 1.